The monoisotopic (exact) mass is 443 g/mol. The molecule has 33 heavy (non-hydrogen) atoms. The van der Waals surface area contributed by atoms with E-state index in [1.165, 1.54) is 5.56 Å². The maximum atomic E-state index is 13.2. The van der Waals surface area contributed by atoms with Crippen molar-refractivity contribution in [1.82, 2.24) is 15.2 Å². The van der Waals surface area contributed by atoms with Gasteiger partial charge in [0.05, 0.1) is 18.8 Å². The molecule has 4 rings (SSSR count). The molecule has 5 nitrogen and oxygen atoms in total. The highest BCUT2D eigenvalue weighted by molar-refractivity contribution is 5.95. The summed E-state index contributed by atoms with van der Waals surface area (Å²) in [5.41, 5.74) is 4.97. The Bertz CT molecular complexity index is 1080. The van der Waals surface area contributed by atoms with Crippen LogP contribution in [0.2, 0.25) is 0 Å². The van der Waals surface area contributed by atoms with Crippen LogP contribution < -0.4 is 10.1 Å². The number of carbonyl (C=O) groups is 1. The highest BCUT2D eigenvalue weighted by atomic mass is 16.5. The summed E-state index contributed by atoms with van der Waals surface area (Å²) in [7, 11) is 1.74. The predicted octanol–water partition coefficient (Wildman–Crippen LogP) is 5.09. The van der Waals surface area contributed by atoms with Gasteiger partial charge in [0.15, 0.2) is 0 Å². The van der Waals surface area contributed by atoms with Crippen molar-refractivity contribution >= 4 is 5.91 Å². The van der Waals surface area contributed by atoms with Crippen LogP contribution in [0.1, 0.15) is 51.6 Å². The Balaban J connectivity index is 1.55. The van der Waals surface area contributed by atoms with E-state index in [-0.39, 0.29) is 17.9 Å². The summed E-state index contributed by atoms with van der Waals surface area (Å²) in [4.78, 5) is 20.3. The van der Waals surface area contributed by atoms with Crippen LogP contribution in [0.5, 0.6) is 5.75 Å². The van der Waals surface area contributed by atoms with Gasteiger partial charge in [-0.05, 0) is 68.5 Å². The number of carbonyl (C=O) groups excluding carboxylic acids is 1. The van der Waals surface area contributed by atoms with E-state index in [2.05, 4.69) is 40.3 Å². The fourth-order valence-electron chi connectivity index (χ4n) is 4.92. The van der Waals surface area contributed by atoms with E-state index in [0.29, 0.717) is 0 Å². The number of piperidine rings is 1. The van der Waals surface area contributed by atoms with Crippen molar-refractivity contribution in [1.29, 1.82) is 0 Å². The smallest absolute Gasteiger partial charge is 0.252 e. The molecule has 1 fully saturated rings. The molecule has 1 N–H and O–H groups in total. The van der Waals surface area contributed by atoms with Crippen LogP contribution in [0.15, 0.2) is 66.9 Å². The molecule has 1 aliphatic rings. The summed E-state index contributed by atoms with van der Waals surface area (Å²) in [5.74, 6) is 1.20. The van der Waals surface area contributed by atoms with Crippen LogP contribution in [-0.2, 0) is 6.54 Å². The van der Waals surface area contributed by atoms with E-state index in [4.69, 9.17) is 4.74 Å². The Kier molecular flexibility index (Phi) is 7.40. The number of ether oxygens (including phenoxy) is 1. The molecule has 5 heteroatoms. The van der Waals surface area contributed by atoms with Gasteiger partial charge in [-0.1, -0.05) is 42.5 Å². The number of para-hydroxylation sites is 1. The number of benzene rings is 2. The number of aromatic nitrogens is 1. The number of aryl methyl sites for hydroxylation is 2. The molecule has 0 radical (unpaired) electrons. The van der Waals surface area contributed by atoms with Crippen LogP contribution in [0, 0.1) is 19.8 Å². The van der Waals surface area contributed by atoms with Crippen LogP contribution in [0.4, 0.5) is 0 Å². The SMILES string of the molecule is COc1c(C)cccc1CN1CCC[C@H]([C@H](NC(=O)c2ccccc2C)c2ccccn2)C1. The van der Waals surface area contributed by atoms with Gasteiger partial charge in [0.25, 0.3) is 5.91 Å². The average molecular weight is 444 g/mol. The van der Waals surface area contributed by atoms with Crippen molar-refractivity contribution in [2.24, 2.45) is 5.92 Å². The van der Waals surface area contributed by atoms with Crippen molar-refractivity contribution in [3.63, 3.8) is 0 Å². The number of amides is 1. The molecule has 0 aliphatic carbocycles. The molecule has 0 saturated carbocycles. The van der Waals surface area contributed by atoms with E-state index in [1.807, 2.05) is 49.4 Å². The summed E-state index contributed by atoms with van der Waals surface area (Å²) < 4.78 is 5.68. The van der Waals surface area contributed by atoms with Gasteiger partial charge >= 0.3 is 0 Å². The van der Waals surface area contributed by atoms with Crippen molar-refractivity contribution in [2.75, 3.05) is 20.2 Å². The van der Waals surface area contributed by atoms with Crippen molar-refractivity contribution < 1.29 is 9.53 Å². The third-order valence-electron chi connectivity index (χ3n) is 6.59. The summed E-state index contributed by atoms with van der Waals surface area (Å²) in [6.07, 6.45) is 3.94. The number of likely N-dealkylation sites (tertiary alicyclic amines) is 1. The van der Waals surface area contributed by atoms with Gasteiger partial charge in [-0.15, -0.1) is 0 Å². The zero-order chi connectivity index (χ0) is 23.2. The van der Waals surface area contributed by atoms with Crippen LogP contribution in [0.3, 0.4) is 0 Å². The predicted molar refractivity (Wildman–Crippen MR) is 131 cm³/mol. The molecular formula is C28H33N3O2. The van der Waals surface area contributed by atoms with E-state index in [0.717, 1.165) is 60.6 Å². The maximum Gasteiger partial charge on any atom is 0.252 e. The van der Waals surface area contributed by atoms with Gasteiger partial charge in [0, 0.05) is 30.4 Å². The first kappa shape index (κ1) is 23.0. The molecule has 2 heterocycles. The number of nitrogens with one attached hydrogen (secondary N) is 1. The number of nitrogens with zero attached hydrogens (tertiary/aromatic N) is 2. The molecular weight excluding hydrogens is 410 g/mol. The minimum atomic E-state index is -0.138. The van der Waals surface area contributed by atoms with E-state index in [1.54, 1.807) is 13.3 Å². The molecule has 1 aromatic heterocycles. The average Bonchev–Trinajstić information content (AvgIpc) is 2.83. The van der Waals surface area contributed by atoms with E-state index >= 15 is 0 Å². The quantitative estimate of drug-likeness (QED) is 0.553. The first-order valence-electron chi connectivity index (χ1n) is 11.7. The summed E-state index contributed by atoms with van der Waals surface area (Å²) in [6.45, 7) is 6.82. The Labute approximate surface area is 196 Å². The Morgan fingerprint density at radius 2 is 1.88 bits per heavy atom. The molecule has 0 unspecified atom stereocenters. The molecule has 2 aromatic carbocycles. The van der Waals surface area contributed by atoms with E-state index in [9.17, 15) is 4.79 Å². The molecule has 2 atom stereocenters. The van der Waals surface area contributed by atoms with Crippen molar-refractivity contribution in [3.8, 4) is 5.75 Å². The zero-order valence-corrected chi connectivity index (χ0v) is 19.8. The lowest BCUT2D eigenvalue weighted by atomic mass is 9.87. The molecule has 1 aliphatic heterocycles. The third kappa shape index (κ3) is 5.42. The lowest BCUT2D eigenvalue weighted by molar-refractivity contribution is 0.0874. The van der Waals surface area contributed by atoms with Gasteiger partial charge in [-0.3, -0.25) is 14.7 Å². The Morgan fingerprint density at radius 1 is 1.09 bits per heavy atom. The Morgan fingerprint density at radius 3 is 2.64 bits per heavy atom. The normalized spacial score (nSPS) is 17.4. The molecule has 0 bridgehead atoms. The fourth-order valence-corrected chi connectivity index (χ4v) is 4.92. The van der Waals surface area contributed by atoms with Crippen molar-refractivity contribution in [2.45, 2.75) is 39.3 Å². The van der Waals surface area contributed by atoms with Crippen LogP contribution in [-0.4, -0.2) is 36.0 Å². The number of hydrogen-bond donors (Lipinski definition) is 1. The second-order valence-corrected chi connectivity index (χ2v) is 8.93. The Hall–Kier alpha value is -3.18. The number of rotatable bonds is 7. The third-order valence-corrected chi connectivity index (χ3v) is 6.59. The minimum absolute atomic E-state index is 0.0405. The number of methoxy groups -OCH3 is 1. The minimum Gasteiger partial charge on any atom is -0.496 e. The highest BCUT2D eigenvalue weighted by Gasteiger charge is 2.31. The van der Waals surface area contributed by atoms with Crippen molar-refractivity contribution in [3.05, 3.63) is 94.8 Å². The summed E-state index contributed by atoms with van der Waals surface area (Å²) >= 11 is 0. The zero-order valence-electron chi connectivity index (χ0n) is 19.8. The molecule has 1 saturated heterocycles. The molecule has 3 aromatic rings. The summed E-state index contributed by atoms with van der Waals surface area (Å²) in [5, 5.41) is 3.32. The maximum absolute atomic E-state index is 13.2. The first-order chi connectivity index (χ1) is 16.1. The van der Waals surface area contributed by atoms with Crippen LogP contribution in [0.25, 0.3) is 0 Å². The largest absolute Gasteiger partial charge is 0.496 e. The number of hydrogen-bond acceptors (Lipinski definition) is 4. The molecule has 0 spiro atoms. The van der Waals surface area contributed by atoms with E-state index < -0.39 is 0 Å². The van der Waals surface area contributed by atoms with Gasteiger partial charge in [-0.25, -0.2) is 0 Å². The fraction of sp³-hybridized carbons (Fsp3) is 0.357. The summed E-state index contributed by atoms with van der Waals surface area (Å²) in [6, 6.07) is 19.8. The van der Waals surface area contributed by atoms with Gasteiger partial charge in [-0.2, -0.15) is 0 Å². The highest BCUT2D eigenvalue weighted by Crippen LogP contribution is 2.32. The topological polar surface area (TPSA) is 54.5 Å². The molecule has 172 valence electrons. The standard InChI is InChI=1S/C28H33N3O2/c1-20-10-4-5-14-24(20)28(32)30-26(25-15-6-7-16-29-25)22-13-9-17-31(18-22)19-23-12-8-11-21(2)27(23)33-3/h4-8,10-12,14-16,22,26H,9,13,17-19H2,1-3H3,(H,30,32)/t22-,26-/m0/s1. The van der Waals surface area contributed by atoms with Gasteiger partial charge in [0.2, 0.25) is 0 Å². The first-order valence-corrected chi connectivity index (χ1v) is 11.7. The second-order valence-electron chi connectivity index (χ2n) is 8.93. The number of pyridine rings is 1. The van der Waals surface area contributed by atoms with Gasteiger partial charge < -0.3 is 10.1 Å². The lowest BCUT2D eigenvalue weighted by Crippen LogP contribution is -2.43. The van der Waals surface area contributed by atoms with Crippen LogP contribution >= 0.6 is 0 Å². The lowest BCUT2D eigenvalue weighted by Gasteiger charge is -2.37. The van der Waals surface area contributed by atoms with Gasteiger partial charge in [0.1, 0.15) is 5.75 Å². The molecule has 1 amide bonds. The second kappa shape index (κ2) is 10.6.